The van der Waals surface area contributed by atoms with E-state index in [0.717, 1.165) is 0 Å². The highest BCUT2D eigenvalue weighted by Crippen LogP contribution is 2.17. The molecule has 1 amide bonds. The molecule has 5 nitrogen and oxygen atoms in total. The highest BCUT2D eigenvalue weighted by molar-refractivity contribution is 9.10. The van der Waals surface area contributed by atoms with Crippen LogP contribution in [0.4, 0.5) is 10.1 Å². The zero-order valence-corrected chi connectivity index (χ0v) is 13.7. The Kier molecular flexibility index (Phi) is 4.20. The van der Waals surface area contributed by atoms with Gasteiger partial charge in [0.1, 0.15) is 16.1 Å². The van der Waals surface area contributed by atoms with Crippen LogP contribution in [0.2, 0.25) is 0 Å². The number of nitrogens with one attached hydrogen (secondary N) is 1. The first-order chi connectivity index (χ1) is 11.0. The maximum absolute atomic E-state index is 13.9. The predicted octanol–water partition coefficient (Wildman–Crippen LogP) is 3.73. The Bertz CT molecular complexity index is 861. The van der Waals surface area contributed by atoms with Gasteiger partial charge in [0.2, 0.25) is 0 Å². The van der Waals surface area contributed by atoms with Gasteiger partial charge in [-0.1, -0.05) is 12.1 Å². The van der Waals surface area contributed by atoms with E-state index in [9.17, 15) is 9.18 Å². The van der Waals surface area contributed by atoms with Crippen LogP contribution in [0.5, 0.6) is 0 Å². The molecular weight excluding hydrogens is 363 g/mol. The first-order valence-corrected chi connectivity index (χ1v) is 7.58. The number of halogens is 2. The van der Waals surface area contributed by atoms with Gasteiger partial charge in [0.05, 0.1) is 11.9 Å². The van der Waals surface area contributed by atoms with Gasteiger partial charge >= 0.3 is 0 Å². The second-order valence-electron chi connectivity index (χ2n) is 4.86. The normalized spacial score (nSPS) is 10.6. The van der Waals surface area contributed by atoms with E-state index in [1.807, 2.05) is 0 Å². The second-order valence-corrected chi connectivity index (χ2v) is 5.67. The van der Waals surface area contributed by atoms with Crippen molar-refractivity contribution in [1.29, 1.82) is 0 Å². The fourth-order valence-corrected chi connectivity index (χ4v) is 2.33. The number of aromatic nitrogens is 3. The number of pyridine rings is 1. The van der Waals surface area contributed by atoms with Gasteiger partial charge in [-0.2, -0.15) is 5.10 Å². The van der Waals surface area contributed by atoms with E-state index in [2.05, 4.69) is 31.3 Å². The number of hydrogen-bond donors (Lipinski definition) is 1. The SMILES string of the molecule is Cc1cc(C(=O)Nc2ccc(Br)nc2)nn1-c1ccccc1F. The molecule has 0 aliphatic heterocycles. The van der Waals surface area contributed by atoms with Gasteiger partial charge in [0.15, 0.2) is 5.69 Å². The van der Waals surface area contributed by atoms with Gasteiger partial charge in [-0.25, -0.2) is 14.1 Å². The Morgan fingerprint density at radius 3 is 2.74 bits per heavy atom. The monoisotopic (exact) mass is 374 g/mol. The second kappa shape index (κ2) is 6.29. The molecule has 0 spiro atoms. The van der Waals surface area contributed by atoms with Gasteiger partial charge < -0.3 is 5.32 Å². The van der Waals surface area contributed by atoms with Crippen LogP contribution in [-0.4, -0.2) is 20.7 Å². The summed E-state index contributed by atoms with van der Waals surface area (Å²) in [6.45, 7) is 1.76. The Morgan fingerprint density at radius 2 is 2.04 bits per heavy atom. The lowest BCUT2D eigenvalue weighted by Gasteiger charge is -2.05. The molecule has 2 aromatic heterocycles. The number of anilines is 1. The highest BCUT2D eigenvalue weighted by Gasteiger charge is 2.15. The summed E-state index contributed by atoms with van der Waals surface area (Å²) in [5.41, 5.74) is 1.72. The number of carbonyl (C=O) groups excluding carboxylic acids is 1. The van der Waals surface area contributed by atoms with Gasteiger partial charge in [-0.05, 0) is 53.2 Å². The smallest absolute Gasteiger partial charge is 0.276 e. The number of para-hydroxylation sites is 1. The molecule has 3 rings (SSSR count). The summed E-state index contributed by atoms with van der Waals surface area (Å²) in [6.07, 6.45) is 1.53. The van der Waals surface area contributed by atoms with Crippen molar-refractivity contribution < 1.29 is 9.18 Å². The predicted molar refractivity (Wildman–Crippen MR) is 88.1 cm³/mol. The van der Waals surface area contributed by atoms with Crippen LogP contribution in [-0.2, 0) is 0 Å². The molecule has 0 aliphatic rings. The molecule has 0 atom stereocenters. The number of carbonyl (C=O) groups is 1. The lowest BCUT2D eigenvalue weighted by Crippen LogP contribution is -2.13. The number of hydrogen-bond acceptors (Lipinski definition) is 3. The highest BCUT2D eigenvalue weighted by atomic mass is 79.9. The van der Waals surface area contributed by atoms with Gasteiger partial charge in [0, 0.05) is 5.69 Å². The largest absolute Gasteiger partial charge is 0.319 e. The van der Waals surface area contributed by atoms with E-state index in [-0.39, 0.29) is 11.6 Å². The molecule has 0 radical (unpaired) electrons. The van der Waals surface area contributed by atoms with Crippen molar-refractivity contribution in [1.82, 2.24) is 14.8 Å². The third-order valence-corrected chi connectivity index (χ3v) is 3.66. The molecule has 2 heterocycles. The third-order valence-electron chi connectivity index (χ3n) is 3.19. The minimum atomic E-state index is -0.400. The summed E-state index contributed by atoms with van der Waals surface area (Å²) >= 11 is 3.23. The molecule has 0 bridgehead atoms. The van der Waals surface area contributed by atoms with E-state index >= 15 is 0 Å². The summed E-state index contributed by atoms with van der Waals surface area (Å²) in [6, 6.07) is 11.3. The lowest BCUT2D eigenvalue weighted by atomic mass is 10.3. The first-order valence-electron chi connectivity index (χ1n) is 6.79. The molecule has 0 saturated carbocycles. The maximum Gasteiger partial charge on any atom is 0.276 e. The van der Waals surface area contributed by atoms with Crippen molar-refractivity contribution in [2.24, 2.45) is 0 Å². The average molecular weight is 375 g/mol. The number of nitrogens with zero attached hydrogens (tertiary/aromatic N) is 3. The average Bonchev–Trinajstić information content (AvgIpc) is 2.92. The fourth-order valence-electron chi connectivity index (χ4n) is 2.10. The molecule has 23 heavy (non-hydrogen) atoms. The Balaban J connectivity index is 1.87. The number of benzene rings is 1. The van der Waals surface area contributed by atoms with E-state index in [4.69, 9.17) is 0 Å². The summed E-state index contributed by atoms with van der Waals surface area (Å²) in [4.78, 5) is 16.3. The molecule has 1 aromatic carbocycles. The fraction of sp³-hybridized carbons (Fsp3) is 0.0625. The van der Waals surface area contributed by atoms with Crippen molar-refractivity contribution in [3.05, 3.63) is 70.5 Å². The minimum absolute atomic E-state index is 0.202. The minimum Gasteiger partial charge on any atom is -0.319 e. The molecule has 0 unspecified atom stereocenters. The lowest BCUT2D eigenvalue weighted by molar-refractivity contribution is 0.102. The molecular formula is C16H12BrFN4O. The molecule has 7 heteroatoms. The van der Waals surface area contributed by atoms with Crippen molar-refractivity contribution >= 4 is 27.5 Å². The summed E-state index contributed by atoms with van der Waals surface area (Å²) in [5.74, 6) is -0.782. The molecule has 0 aliphatic carbocycles. The van der Waals surface area contributed by atoms with Crippen LogP contribution in [0, 0.1) is 12.7 Å². The van der Waals surface area contributed by atoms with Crippen molar-refractivity contribution in [2.45, 2.75) is 6.92 Å². The van der Waals surface area contributed by atoms with Crippen LogP contribution in [0.3, 0.4) is 0 Å². The number of amides is 1. The summed E-state index contributed by atoms with van der Waals surface area (Å²) < 4.78 is 16.0. The Hall–Kier alpha value is -2.54. The van der Waals surface area contributed by atoms with Crippen LogP contribution < -0.4 is 5.32 Å². The van der Waals surface area contributed by atoms with Crippen LogP contribution in [0.25, 0.3) is 5.69 Å². The van der Waals surface area contributed by atoms with Crippen molar-refractivity contribution in [3.63, 3.8) is 0 Å². The summed E-state index contributed by atoms with van der Waals surface area (Å²) in [5, 5.41) is 6.89. The molecule has 0 saturated heterocycles. The van der Waals surface area contributed by atoms with Gasteiger partial charge in [0.25, 0.3) is 5.91 Å². The van der Waals surface area contributed by atoms with Gasteiger partial charge in [-0.3, -0.25) is 4.79 Å². The quantitative estimate of drug-likeness (QED) is 0.710. The zero-order valence-electron chi connectivity index (χ0n) is 12.1. The van der Waals surface area contributed by atoms with Crippen LogP contribution >= 0.6 is 15.9 Å². The van der Waals surface area contributed by atoms with Crippen molar-refractivity contribution in [3.8, 4) is 5.69 Å². The first kappa shape index (κ1) is 15.4. The van der Waals surface area contributed by atoms with Crippen molar-refractivity contribution in [2.75, 3.05) is 5.32 Å². The van der Waals surface area contributed by atoms with E-state index < -0.39 is 5.82 Å². The third kappa shape index (κ3) is 3.29. The molecule has 0 fully saturated rings. The Labute approximate surface area is 140 Å². The maximum atomic E-state index is 13.9. The van der Waals surface area contributed by atoms with E-state index in [1.165, 1.54) is 16.9 Å². The van der Waals surface area contributed by atoms with Gasteiger partial charge in [-0.15, -0.1) is 0 Å². The molecule has 1 N–H and O–H groups in total. The van der Waals surface area contributed by atoms with E-state index in [1.54, 1.807) is 43.3 Å². The molecule has 116 valence electrons. The number of aryl methyl sites for hydroxylation is 1. The standard InChI is InChI=1S/C16H12BrFN4O/c1-10-8-13(16(23)20-11-6-7-15(17)19-9-11)21-22(10)14-5-3-2-4-12(14)18/h2-9H,1H3,(H,20,23). The molecule has 3 aromatic rings. The zero-order chi connectivity index (χ0) is 16.4. The van der Waals surface area contributed by atoms with E-state index in [0.29, 0.717) is 21.7 Å². The van der Waals surface area contributed by atoms with Crippen LogP contribution in [0.1, 0.15) is 16.2 Å². The topological polar surface area (TPSA) is 59.8 Å². The van der Waals surface area contributed by atoms with Crippen LogP contribution in [0.15, 0.2) is 53.3 Å². The number of rotatable bonds is 3. The summed E-state index contributed by atoms with van der Waals surface area (Å²) in [7, 11) is 0. The Morgan fingerprint density at radius 1 is 1.26 bits per heavy atom.